The van der Waals surface area contributed by atoms with Crippen molar-refractivity contribution in [2.75, 3.05) is 19.8 Å². The first-order valence-electron chi connectivity index (χ1n) is 16.2. The third-order valence-electron chi connectivity index (χ3n) is 8.51. The first-order chi connectivity index (χ1) is 20.8. The Bertz CT molecular complexity index is 1640. The number of unbranched alkanes of at least 4 members (excludes halogenated alkanes) is 7. The van der Waals surface area contributed by atoms with E-state index in [-0.39, 0.29) is 0 Å². The summed E-state index contributed by atoms with van der Waals surface area (Å²) in [5.41, 5.74) is 5.00. The molecule has 0 radical (unpaired) electrons. The predicted molar refractivity (Wildman–Crippen MR) is 176 cm³/mol. The summed E-state index contributed by atoms with van der Waals surface area (Å²) in [6.07, 6.45) is 13.1. The van der Waals surface area contributed by atoms with Crippen LogP contribution in [0.1, 0.15) is 83.6 Å². The molecule has 0 spiro atoms. The molecular weight excluding hydrogens is 520 g/mol. The van der Waals surface area contributed by atoms with Crippen molar-refractivity contribution in [3.8, 4) is 5.75 Å². The lowest BCUT2D eigenvalue weighted by molar-refractivity contribution is 0.127. The van der Waals surface area contributed by atoms with Crippen LogP contribution in [0.2, 0.25) is 0 Å². The number of benzene rings is 4. The smallest absolute Gasteiger partial charge is 0.136 e. The van der Waals surface area contributed by atoms with Crippen LogP contribution in [-0.4, -0.2) is 19.8 Å². The molecule has 0 amide bonds. The highest BCUT2D eigenvalue weighted by molar-refractivity contribution is 6.27. The quantitative estimate of drug-likeness (QED) is 0.110. The minimum atomic E-state index is 0.754. The fourth-order valence-corrected chi connectivity index (χ4v) is 6.18. The third kappa shape index (κ3) is 6.15. The van der Waals surface area contributed by atoms with Crippen LogP contribution in [0, 0.1) is 0 Å². The lowest BCUT2D eigenvalue weighted by Gasteiger charge is -2.06. The van der Waals surface area contributed by atoms with Crippen LogP contribution in [0.4, 0.5) is 0 Å². The molecule has 0 saturated carbocycles. The number of rotatable bonds is 16. The van der Waals surface area contributed by atoms with Gasteiger partial charge in [0.05, 0.1) is 6.61 Å². The molecular formula is C38H44O4. The number of hydrogen-bond acceptors (Lipinski definition) is 4. The maximum absolute atomic E-state index is 6.32. The van der Waals surface area contributed by atoms with Gasteiger partial charge in [-0.2, -0.15) is 0 Å². The molecule has 2 heterocycles. The summed E-state index contributed by atoms with van der Waals surface area (Å²) >= 11 is 0. The van der Waals surface area contributed by atoms with Gasteiger partial charge in [0.25, 0.3) is 0 Å². The second-order valence-corrected chi connectivity index (χ2v) is 11.7. The van der Waals surface area contributed by atoms with Crippen molar-refractivity contribution in [1.29, 1.82) is 0 Å². The van der Waals surface area contributed by atoms with E-state index in [4.69, 9.17) is 18.3 Å². The second-order valence-electron chi connectivity index (χ2n) is 11.7. The number of fused-ring (bicyclic) bond motifs is 9. The Morgan fingerprint density at radius 3 is 1.83 bits per heavy atom. The van der Waals surface area contributed by atoms with Crippen molar-refractivity contribution in [1.82, 2.24) is 0 Å². The van der Waals surface area contributed by atoms with Gasteiger partial charge in [-0.25, -0.2) is 0 Å². The minimum absolute atomic E-state index is 0.754. The van der Waals surface area contributed by atoms with E-state index in [2.05, 4.69) is 62.4 Å². The van der Waals surface area contributed by atoms with Crippen LogP contribution < -0.4 is 4.74 Å². The zero-order valence-corrected chi connectivity index (χ0v) is 25.3. The average molecular weight is 565 g/mol. The van der Waals surface area contributed by atoms with E-state index in [9.17, 15) is 0 Å². The van der Waals surface area contributed by atoms with Gasteiger partial charge < -0.3 is 18.3 Å². The van der Waals surface area contributed by atoms with E-state index in [1.54, 1.807) is 0 Å². The number of aryl methyl sites for hydroxylation is 1. The van der Waals surface area contributed by atoms with E-state index in [0.717, 1.165) is 90.8 Å². The molecule has 42 heavy (non-hydrogen) atoms. The molecule has 0 bridgehead atoms. The summed E-state index contributed by atoms with van der Waals surface area (Å²) in [4.78, 5) is 0. The minimum Gasteiger partial charge on any atom is -0.494 e. The average Bonchev–Trinajstić information content (AvgIpc) is 3.58. The van der Waals surface area contributed by atoms with Crippen LogP contribution in [0.25, 0.3) is 54.6 Å². The van der Waals surface area contributed by atoms with Gasteiger partial charge in [0.15, 0.2) is 0 Å². The van der Waals surface area contributed by atoms with Gasteiger partial charge in [-0.3, -0.25) is 0 Å². The normalized spacial score (nSPS) is 12.0. The van der Waals surface area contributed by atoms with Gasteiger partial charge in [-0.1, -0.05) is 58.4 Å². The predicted octanol–water partition coefficient (Wildman–Crippen LogP) is 11.5. The van der Waals surface area contributed by atoms with Crippen molar-refractivity contribution < 1.29 is 18.3 Å². The Hall–Kier alpha value is -3.50. The van der Waals surface area contributed by atoms with Crippen molar-refractivity contribution in [3.05, 3.63) is 66.2 Å². The molecule has 0 N–H and O–H groups in total. The van der Waals surface area contributed by atoms with E-state index in [0.29, 0.717) is 0 Å². The third-order valence-corrected chi connectivity index (χ3v) is 8.51. The van der Waals surface area contributed by atoms with Crippen LogP contribution in [0.5, 0.6) is 5.75 Å². The first-order valence-corrected chi connectivity index (χ1v) is 16.2. The lowest BCUT2D eigenvalue weighted by Crippen LogP contribution is -1.97. The Morgan fingerprint density at radius 2 is 1.10 bits per heavy atom. The Balaban J connectivity index is 1.27. The topological polar surface area (TPSA) is 44.7 Å². The summed E-state index contributed by atoms with van der Waals surface area (Å²) in [7, 11) is 0. The largest absolute Gasteiger partial charge is 0.494 e. The monoisotopic (exact) mass is 564 g/mol. The van der Waals surface area contributed by atoms with Gasteiger partial charge in [-0.05, 0) is 103 Å². The van der Waals surface area contributed by atoms with Crippen molar-refractivity contribution in [3.63, 3.8) is 0 Å². The summed E-state index contributed by atoms with van der Waals surface area (Å²) in [6, 6.07) is 21.5. The first kappa shape index (κ1) is 28.6. The zero-order valence-electron chi connectivity index (χ0n) is 25.3. The standard InChI is InChI=1S/C38H44O4/c1-3-5-7-8-9-11-24-40-28-15-19-34-32(26-28)38-30-17-20-35-37(29(30)16-21-36(38)42-34)31-25-27(14-18-33(31)41-35)13-10-12-23-39-22-6-4-2/h14-21,25-26H,3-13,22-24H2,1-2H3. The number of hydrogen-bond donors (Lipinski definition) is 0. The Morgan fingerprint density at radius 1 is 0.500 bits per heavy atom. The summed E-state index contributed by atoms with van der Waals surface area (Å²) in [5.74, 6) is 0.908. The molecule has 4 nitrogen and oxygen atoms in total. The molecule has 0 fully saturated rings. The molecule has 0 atom stereocenters. The molecule has 6 aromatic rings. The van der Waals surface area contributed by atoms with E-state index < -0.39 is 0 Å². The van der Waals surface area contributed by atoms with Crippen LogP contribution >= 0.6 is 0 Å². The van der Waals surface area contributed by atoms with Crippen molar-refractivity contribution in [2.24, 2.45) is 0 Å². The van der Waals surface area contributed by atoms with Gasteiger partial charge in [0.2, 0.25) is 0 Å². The molecule has 0 aliphatic carbocycles. The molecule has 2 aromatic heterocycles. The van der Waals surface area contributed by atoms with Crippen molar-refractivity contribution >= 4 is 54.6 Å². The fraction of sp³-hybridized carbons (Fsp3) is 0.421. The van der Waals surface area contributed by atoms with Gasteiger partial charge >= 0.3 is 0 Å². The Labute approximate surface area is 248 Å². The molecule has 6 rings (SSSR count). The van der Waals surface area contributed by atoms with Crippen LogP contribution in [0.15, 0.2) is 69.5 Å². The molecule has 0 aliphatic rings. The molecule has 0 saturated heterocycles. The maximum Gasteiger partial charge on any atom is 0.136 e. The highest BCUT2D eigenvalue weighted by atomic mass is 16.5. The molecule has 220 valence electrons. The Kier molecular flexibility index (Phi) is 9.30. The number of furan rings is 2. The molecule has 4 heteroatoms. The molecule has 0 aliphatic heterocycles. The van der Waals surface area contributed by atoms with Gasteiger partial charge in [0.1, 0.15) is 28.1 Å². The zero-order chi connectivity index (χ0) is 28.7. The SMILES string of the molecule is CCCCCCCCOc1ccc2oc3ccc4c(ccc5oc6ccc(CCCCOCCCC)cc6c54)c3c2c1. The highest BCUT2D eigenvalue weighted by Gasteiger charge is 2.16. The maximum atomic E-state index is 6.32. The van der Waals surface area contributed by atoms with Gasteiger partial charge in [-0.15, -0.1) is 0 Å². The molecule has 0 unspecified atom stereocenters. The molecule has 4 aromatic carbocycles. The van der Waals surface area contributed by atoms with Crippen LogP contribution in [-0.2, 0) is 11.2 Å². The summed E-state index contributed by atoms with van der Waals surface area (Å²) < 4.78 is 24.5. The lowest BCUT2D eigenvalue weighted by atomic mass is 9.98. The number of ether oxygens (including phenoxy) is 2. The van der Waals surface area contributed by atoms with Gasteiger partial charge in [0, 0.05) is 34.8 Å². The van der Waals surface area contributed by atoms with E-state index >= 15 is 0 Å². The summed E-state index contributed by atoms with van der Waals surface area (Å²) in [5, 5.41) is 6.99. The van der Waals surface area contributed by atoms with E-state index in [1.165, 1.54) is 65.6 Å². The van der Waals surface area contributed by atoms with Crippen molar-refractivity contribution in [2.45, 2.75) is 84.5 Å². The van der Waals surface area contributed by atoms with E-state index in [1.807, 2.05) is 12.1 Å². The fourth-order valence-electron chi connectivity index (χ4n) is 6.18. The van der Waals surface area contributed by atoms with Crippen LogP contribution in [0.3, 0.4) is 0 Å². The second kappa shape index (κ2) is 13.6. The summed E-state index contributed by atoms with van der Waals surface area (Å²) in [6.45, 7) is 6.94. The highest BCUT2D eigenvalue weighted by Crippen LogP contribution is 2.41.